The minimum Gasteiger partial charge on any atom is -0.368 e. The molecule has 0 unspecified atom stereocenters. The van der Waals surface area contributed by atoms with E-state index in [1.54, 1.807) is 18.4 Å². The lowest BCUT2D eigenvalue weighted by Gasteiger charge is -2.08. The summed E-state index contributed by atoms with van der Waals surface area (Å²) in [6.45, 7) is 0.994. The minimum atomic E-state index is -0.531. The Hall–Kier alpha value is -2.09. The van der Waals surface area contributed by atoms with Gasteiger partial charge in [-0.2, -0.15) is 4.98 Å². The van der Waals surface area contributed by atoms with Gasteiger partial charge in [-0.15, -0.1) is 11.3 Å². The SMILES string of the molecule is CNc1nc(NCCNC(N)=O)c2ccsc2n1. The molecule has 5 N–H and O–H groups in total. The lowest BCUT2D eigenvalue weighted by molar-refractivity contribution is 0.249. The molecule has 2 rings (SSSR count). The average Bonchev–Trinajstić information content (AvgIpc) is 2.82. The number of nitrogens with two attached hydrogens (primary N) is 1. The van der Waals surface area contributed by atoms with Crippen molar-refractivity contribution in [2.24, 2.45) is 5.73 Å². The van der Waals surface area contributed by atoms with Crippen LogP contribution >= 0.6 is 11.3 Å². The summed E-state index contributed by atoms with van der Waals surface area (Å²) in [4.78, 5) is 20.1. The van der Waals surface area contributed by atoms with Gasteiger partial charge in [-0.3, -0.25) is 0 Å². The van der Waals surface area contributed by atoms with Crippen molar-refractivity contribution in [2.75, 3.05) is 30.8 Å². The van der Waals surface area contributed by atoms with E-state index < -0.39 is 6.03 Å². The molecule has 0 spiro atoms. The molecule has 2 amide bonds. The van der Waals surface area contributed by atoms with Gasteiger partial charge >= 0.3 is 6.03 Å². The van der Waals surface area contributed by atoms with E-state index in [1.165, 1.54) is 0 Å². The maximum atomic E-state index is 10.5. The van der Waals surface area contributed by atoms with E-state index in [9.17, 15) is 4.79 Å². The molecule has 8 heteroatoms. The second-order valence-corrected chi connectivity index (χ2v) is 4.40. The van der Waals surface area contributed by atoms with Gasteiger partial charge in [-0.1, -0.05) is 0 Å². The Balaban J connectivity index is 2.10. The average molecular weight is 266 g/mol. The van der Waals surface area contributed by atoms with Crippen molar-refractivity contribution in [1.82, 2.24) is 15.3 Å². The standard InChI is InChI=1S/C10H14N6OS/c1-12-10-15-7(13-3-4-14-9(11)17)6-2-5-18-8(6)16-10/h2,5H,3-4H2,1H3,(H3,11,14,17)(H2,12,13,15,16). The Kier molecular flexibility index (Phi) is 3.78. The van der Waals surface area contributed by atoms with Crippen molar-refractivity contribution >= 4 is 39.4 Å². The molecular formula is C10H14N6OS. The monoisotopic (exact) mass is 266 g/mol. The first kappa shape index (κ1) is 12.4. The van der Waals surface area contributed by atoms with E-state index in [0.29, 0.717) is 19.0 Å². The van der Waals surface area contributed by atoms with E-state index in [0.717, 1.165) is 16.0 Å². The number of hydrogen-bond donors (Lipinski definition) is 4. The van der Waals surface area contributed by atoms with Crippen LogP contribution < -0.4 is 21.7 Å². The molecule has 0 radical (unpaired) electrons. The number of amides is 2. The first-order valence-corrected chi connectivity index (χ1v) is 6.29. The van der Waals surface area contributed by atoms with Crippen LogP contribution in [-0.4, -0.2) is 36.1 Å². The number of carbonyl (C=O) groups excluding carboxylic acids is 1. The first-order chi connectivity index (χ1) is 8.70. The number of anilines is 2. The molecule has 2 aromatic heterocycles. The van der Waals surface area contributed by atoms with Gasteiger partial charge in [0.05, 0.1) is 5.39 Å². The predicted molar refractivity (Wildman–Crippen MR) is 73.0 cm³/mol. The predicted octanol–water partition coefficient (Wildman–Crippen LogP) is 0.813. The fourth-order valence-electron chi connectivity index (χ4n) is 1.47. The summed E-state index contributed by atoms with van der Waals surface area (Å²) in [5, 5.41) is 11.5. The normalized spacial score (nSPS) is 10.3. The molecule has 2 heterocycles. The van der Waals surface area contributed by atoms with Crippen LogP contribution in [0.2, 0.25) is 0 Å². The van der Waals surface area contributed by atoms with E-state index >= 15 is 0 Å². The van der Waals surface area contributed by atoms with Crippen molar-refractivity contribution in [2.45, 2.75) is 0 Å². The summed E-state index contributed by atoms with van der Waals surface area (Å²) in [6.07, 6.45) is 0. The maximum absolute atomic E-state index is 10.5. The maximum Gasteiger partial charge on any atom is 0.312 e. The van der Waals surface area contributed by atoms with Crippen molar-refractivity contribution in [3.8, 4) is 0 Å². The van der Waals surface area contributed by atoms with Crippen LogP contribution in [0.15, 0.2) is 11.4 Å². The van der Waals surface area contributed by atoms with Crippen molar-refractivity contribution < 1.29 is 4.79 Å². The van der Waals surface area contributed by atoms with E-state index in [2.05, 4.69) is 25.9 Å². The third-order valence-corrected chi connectivity index (χ3v) is 3.07. The number of nitrogens with one attached hydrogen (secondary N) is 3. The number of urea groups is 1. The lowest BCUT2D eigenvalue weighted by atomic mass is 10.4. The Morgan fingerprint density at radius 2 is 2.28 bits per heavy atom. The lowest BCUT2D eigenvalue weighted by Crippen LogP contribution is -2.33. The highest BCUT2D eigenvalue weighted by molar-refractivity contribution is 7.16. The molecule has 0 aliphatic rings. The van der Waals surface area contributed by atoms with Crippen LogP contribution in [0.25, 0.3) is 10.2 Å². The van der Waals surface area contributed by atoms with E-state index in [1.807, 2.05) is 11.4 Å². The summed E-state index contributed by atoms with van der Waals surface area (Å²) in [6, 6.07) is 1.43. The second-order valence-electron chi connectivity index (χ2n) is 3.50. The second kappa shape index (κ2) is 5.50. The van der Waals surface area contributed by atoms with Gasteiger partial charge in [0.15, 0.2) is 0 Å². The minimum absolute atomic E-state index is 0.444. The molecule has 0 saturated carbocycles. The molecule has 96 valence electrons. The zero-order chi connectivity index (χ0) is 13.0. The number of carbonyl (C=O) groups is 1. The van der Waals surface area contributed by atoms with Crippen molar-refractivity contribution in [3.05, 3.63) is 11.4 Å². The van der Waals surface area contributed by atoms with Crippen molar-refractivity contribution in [3.63, 3.8) is 0 Å². The first-order valence-electron chi connectivity index (χ1n) is 5.41. The topological polar surface area (TPSA) is 105 Å². The molecule has 0 bridgehead atoms. The van der Waals surface area contributed by atoms with E-state index in [-0.39, 0.29) is 0 Å². The number of thiophene rings is 1. The number of fused-ring (bicyclic) bond motifs is 1. The zero-order valence-electron chi connectivity index (χ0n) is 9.86. The van der Waals surface area contributed by atoms with Gasteiger partial charge in [0.1, 0.15) is 10.6 Å². The molecule has 7 nitrogen and oxygen atoms in total. The molecular weight excluding hydrogens is 252 g/mol. The third-order valence-electron chi connectivity index (χ3n) is 2.27. The third kappa shape index (κ3) is 2.77. The quantitative estimate of drug-likeness (QED) is 0.599. The van der Waals surface area contributed by atoms with Crippen LogP contribution in [0.4, 0.5) is 16.6 Å². The van der Waals surface area contributed by atoms with E-state index in [4.69, 9.17) is 5.73 Å². The highest BCUT2D eigenvalue weighted by atomic mass is 32.1. The Morgan fingerprint density at radius 3 is 3.00 bits per heavy atom. The summed E-state index contributed by atoms with van der Waals surface area (Å²) in [5.74, 6) is 1.31. The summed E-state index contributed by atoms with van der Waals surface area (Å²) >= 11 is 1.55. The summed E-state index contributed by atoms with van der Waals surface area (Å²) in [5.41, 5.74) is 4.98. The fourth-order valence-corrected chi connectivity index (χ4v) is 2.23. The van der Waals surface area contributed by atoms with Gasteiger partial charge in [0, 0.05) is 20.1 Å². The van der Waals surface area contributed by atoms with Crippen LogP contribution in [0.1, 0.15) is 0 Å². The van der Waals surface area contributed by atoms with Gasteiger partial charge in [-0.05, 0) is 11.4 Å². The Bertz CT molecular complexity index is 554. The molecule has 0 aliphatic heterocycles. The smallest absolute Gasteiger partial charge is 0.312 e. The van der Waals surface area contributed by atoms with Gasteiger partial charge in [0.25, 0.3) is 0 Å². The van der Waals surface area contributed by atoms with Crippen LogP contribution in [0.3, 0.4) is 0 Å². The summed E-state index contributed by atoms with van der Waals surface area (Å²) in [7, 11) is 1.77. The number of aromatic nitrogens is 2. The Morgan fingerprint density at radius 1 is 1.44 bits per heavy atom. The van der Waals surface area contributed by atoms with Crippen molar-refractivity contribution in [1.29, 1.82) is 0 Å². The molecule has 2 aromatic rings. The molecule has 18 heavy (non-hydrogen) atoms. The molecule has 0 saturated heterocycles. The molecule has 0 aromatic carbocycles. The molecule has 0 aliphatic carbocycles. The number of primary amides is 1. The van der Waals surface area contributed by atoms with Crippen LogP contribution in [-0.2, 0) is 0 Å². The molecule has 0 fully saturated rings. The van der Waals surface area contributed by atoms with Gasteiger partial charge in [0.2, 0.25) is 5.95 Å². The Labute approximate surface area is 108 Å². The number of nitrogens with zero attached hydrogens (tertiary/aromatic N) is 2. The van der Waals surface area contributed by atoms with Crippen LogP contribution in [0.5, 0.6) is 0 Å². The van der Waals surface area contributed by atoms with Crippen LogP contribution in [0, 0.1) is 0 Å². The summed E-state index contributed by atoms with van der Waals surface area (Å²) < 4.78 is 0. The number of hydrogen-bond acceptors (Lipinski definition) is 6. The number of rotatable bonds is 5. The fraction of sp³-hybridized carbons (Fsp3) is 0.300. The zero-order valence-corrected chi connectivity index (χ0v) is 10.7. The molecule has 0 atom stereocenters. The highest BCUT2D eigenvalue weighted by Crippen LogP contribution is 2.25. The van der Waals surface area contributed by atoms with Gasteiger partial charge in [-0.25, -0.2) is 9.78 Å². The highest BCUT2D eigenvalue weighted by Gasteiger charge is 2.07. The van der Waals surface area contributed by atoms with Gasteiger partial charge < -0.3 is 21.7 Å². The largest absolute Gasteiger partial charge is 0.368 e.